The number of rotatable bonds is 19. The average Bonchev–Trinajstić information content (AvgIpc) is 2.67. The van der Waals surface area contributed by atoms with E-state index >= 15 is 0 Å². The molecule has 0 aliphatic carbocycles. The van der Waals surface area contributed by atoms with Crippen molar-refractivity contribution >= 4 is 31.5 Å². The molecule has 1 aromatic carbocycles. The maximum atomic E-state index is 2.50. The van der Waals surface area contributed by atoms with Crippen LogP contribution in [0, 0.1) is 0 Å². The zero-order valence-electron chi connectivity index (χ0n) is 21.6. The van der Waals surface area contributed by atoms with Crippen LogP contribution in [-0.4, -0.2) is 51.1 Å². The van der Waals surface area contributed by atoms with Crippen molar-refractivity contribution in [2.24, 2.45) is 0 Å². The van der Waals surface area contributed by atoms with Crippen LogP contribution in [0.15, 0.2) is 30.3 Å². The molecule has 2 radical (unpaired) electrons. The van der Waals surface area contributed by atoms with Gasteiger partial charge in [-0.25, -0.2) is 0 Å². The molecule has 180 valence electrons. The van der Waals surface area contributed by atoms with Crippen molar-refractivity contribution in [3.05, 3.63) is 35.9 Å². The van der Waals surface area contributed by atoms with Gasteiger partial charge in [0.25, 0.3) is 0 Å². The van der Waals surface area contributed by atoms with E-state index in [1.807, 2.05) is 0 Å². The summed E-state index contributed by atoms with van der Waals surface area (Å²) < 4.78 is 1.92. The predicted octanol–water partition coefficient (Wildman–Crippen LogP) is 7.97. The Morgan fingerprint density at radius 3 is 1.45 bits per heavy atom. The zero-order valence-corrected chi connectivity index (χ0v) is 23.9. The van der Waals surface area contributed by atoms with Crippen LogP contribution in [-0.2, 0) is 6.54 Å². The molecule has 0 aromatic heterocycles. The first-order valence-corrected chi connectivity index (χ1v) is 12.9. The zero-order chi connectivity index (χ0) is 22.1. The molecule has 0 bridgehead atoms. The summed E-state index contributed by atoms with van der Waals surface area (Å²) in [6.45, 7) is 4.60. The largest absolute Gasteiger partial charge is 0.507 e. The predicted molar refractivity (Wildman–Crippen MR) is 151 cm³/mol. The second-order valence-electron chi connectivity index (χ2n) is 10.6. The molecular weight excluding hydrogens is 490 g/mol. The van der Waals surface area contributed by atoms with E-state index in [2.05, 4.69) is 73.0 Å². The minimum atomic E-state index is 0. The van der Waals surface area contributed by atoms with Crippen molar-refractivity contribution in [2.75, 3.05) is 34.7 Å². The fourth-order valence-electron chi connectivity index (χ4n) is 4.71. The first-order chi connectivity index (χ1) is 14.3. The van der Waals surface area contributed by atoms with E-state index in [9.17, 15) is 0 Å². The van der Waals surface area contributed by atoms with E-state index in [0.29, 0.717) is 0 Å². The van der Waals surface area contributed by atoms with Gasteiger partial charge in [-0.15, -0.1) is 24.0 Å². The van der Waals surface area contributed by atoms with Crippen LogP contribution < -0.4 is 0 Å². The number of hydrogen-bond donors (Lipinski definition) is 0. The van der Waals surface area contributed by atoms with Crippen LogP contribution in [0.3, 0.4) is 0 Å². The summed E-state index contributed by atoms with van der Waals surface area (Å²) in [6, 6.07) is 10.9. The lowest BCUT2D eigenvalue weighted by atomic mass is 9.95. The SMILES string of the molecule is CCCCCCCCCCCCCCCC[N+](C)(C)[B-][N+](C)(C)Cc1ccccc1.I. The van der Waals surface area contributed by atoms with Gasteiger partial charge in [0.1, 0.15) is 0 Å². The lowest BCUT2D eigenvalue weighted by Gasteiger charge is -2.50. The second-order valence-corrected chi connectivity index (χ2v) is 10.6. The van der Waals surface area contributed by atoms with Crippen molar-refractivity contribution in [1.82, 2.24) is 0 Å². The van der Waals surface area contributed by atoms with E-state index in [1.165, 1.54) is 102 Å². The number of nitrogens with zero attached hydrogens (tertiary/aromatic N) is 2. The third kappa shape index (κ3) is 18.1. The minimum absolute atomic E-state index is 0. The summed E-state index contributed by atoms with van der Waals surface area (Å²) in [6.07, 6.45) is 20.0. The van der Waals surface area contributed by atoms with E-state index in [1.54, 1.807) is 0 Å². The molecule has 0 heterocycles. The van der Waals surface area contributed by atoms with Crippen molar-refractivity contribution < 1.29 is 8.79 Å². The van der Waals surface area contributed by atoms with Gasteiger partial charge in [0.15, 0.2) is 0 Å². The van der Waals surface area contributed by atoms with Crippen molar-refractivity contribution in [1.29, 1.82) is 0 Å². The normalized spacial score (nSPS) is 12.0. The molecule has 0 fully saturated rings. The summed E-state index contributed by atoms with van der Waals surface area (Å²) in [7, 11) is 11.8. The molecule has 2 nitrogen and oxygen atoms in total. The lowest BCUT2D eigenvalue weighted by molar-refractivity contribution is -0.897. The Balaban J connectivity index is 0.00000900. The van der Waals surface area contributed by atoms with Crippen LogP contribution in [0.5, 0.6) is 0 Å². The highest BCUT2D eigenvalue weighted by Gasteiger charge is 2.20. The quantitative estimate of drug-likeness (QED) is 0.0943. The highest BCUT2D eigenvalue weighted by Crippen LogP contribution is 2.15. The number of unbranched alkanes of at least 4 members (excludes halogenated alkanes) is 13. The molecule has 0 N–H and O–H groups in total. The van der Waals surface area contributed by atoms with Gasteiger partial charge in [0.05, 0.1) is 6.54 Å². The van der Waals surface area contributed by atoms with Crippen molar-refractivity contribution in [3.8, 4) is 0 Å². The smallest absolute Gasteiger partial charge is 0.341 e. The van der Waals surface area contributed by atoms with E-state index < -0.39 is 0 Å². The third-order valence-electron chi connectivity index (χ3n) is 6.15. The van der Waals surface area contributed by atoms with Crippen LogP contribution >= 0.6 is 24.0 Å². The van der Waals surface area contributed by atoms with Gasteiger partial charge in [-0.05, 0) is 12.8 Å². The van der Waals surface area contributed by atoms with Crippen molar-refractivity contribution in [2.45, 2.75) is 103 Å². The molecule has 0 aliphatic rings. The van der Waals surface area contributed by atoms with Gasteiger partial charge in [0, 0.05) is 40.3 Å². The van der Waals surface area contributed by atoms with Crippen molar-refractivity contribution in [3.63, 3.8) is 0 Å². The fourth-order valence-corrected chi connectivity index (χ4v) is 4.71. The molecule has 0 saturated carbocycles. The Hall–Kier alpha value is -0.0651. The Labute approximate surface area is 213 Å². The summed E-state index contributed by atoms with van der Waals surface area (Å²) in [5.74, 6) is 0. The number of hydrogen-bond acceptors (Lipinski definition) is 0. The first kappa shape index (κ1) is 30.9. The number of quaternary nitrogens is 2. The molecule has 1 aromatic rings. The molecule has 31 heavy (non-hydrogen) atoms. The maximum Gasteiger partial charge on any atom is 0.341 e. The topological polar surface area (TPSA) is 0 Å². The summed E-state index contributed by atoms with van der Waals surface area (Å²) in [4.78, 5) is 0. The summed E-state index contributed by atoms with van der Waals surface area (Å²) >= 11 is 0. The molecular formula is C27H53BIN2+. The van der Waals surface area contributed by atoms with E-state index in [-0.39, 0.29) is 24.0 Å². The van der Waals surface area contributed by atoms with Gasteiger partial charge < -0.3 is 8.79 Å². The lowest BCUT2D eigenvalue weighted by Crippen LogP contribution is -2.58. The average molecular weight is 543 g/mol. The van der Waals surface area contributed by atoms with Gasteiger partial charge >= 0.3 is 7.55 Å². The summed E-state index contributed by atoms with van der Waals surface area (Å²) in [5, 5.41) is 0. The molecule has 0 amide bonds. The molecule has 0 unspecified atom stereocenters. The number of halogens is 1. The van der Waals surface area contributed by atoms with E-state index in [4.69, 9.17) is 0 Å². The molecule has 1 rings (SSSR count). The number of benzene rings is 1. The van der Waals surface area contributed by atoms with E-state index in [0.717, 1.165) is 15.3 Å². The Bertz CT molecular complexity index is 519. The second kappa shape index (κ2) is 18.4. The molecule has 0 spiro atoms. The van der Waals surface area contributed by atoms with Gasteiger partial charge in [-0.3, -0.25) is 0 Å². The molecule has 4 heteroatoms. The maximum absolute atomic E-state index is 2.50. The Kier molecular flexibility index (Phi) is 18.3. The van der Waals surface area contributed by atoms with Crippen LogP contribution in [0.1, 0.15) is 102 Å². The van der Waals surface area contributed by atoms with Crippen LogP contribution in [0.25, 0.3) is 0 Å². The summed E-state index contributed by atoms with van der Waals surface area (Å²) in [5.41, 5.74) is 1.41. The van der Waals surface area contributed by atoms with Crippen LogP contribution in [0.2, 0.25) is 0 Å². The van der Waals surface area contributed by atoms with Gasteiger partial charge in [-0.2, -0.15) is 0 Å². The standard InChI is InChI=1S/C27H52BN2.HI/c1-6-7-8-9-10-11-12-13-14-15-16-17-18-22-25-29(2,3)28-30(4,5)26-27-23-20-19-21-24-27;/h19-21,23-24H,6-18,22,25-26H2,1-5H3;1H/q+1;. The third-order valence-corrected chi connectivity index (χ3v) is 6.15. The first-order valence-electron chi connectivity index (χ1n) is 12.9. The monoisotopic (exact) mass is 543 g/mol. The van der Waals surface area contributed by atoms with Gasteiger partial charge in [0.2, 0.25) is 0 Å². The molecule has 0 saturated heterocycles. The minimum Gasteiger partial charge on any atom is -0.507 e. The van der Waals surface area contributed by atoms with Gasteiger partial charge in [-0.1, -0.05) is 114 Å². The highest BCUT2D eigenvalue weighted by atomic mass is 127. The Morgan fingerprint density at radius 2 is 1.00 bits per heavy atom. The van der Waals surface area contributed by atoms with Crippen LogP contribution in [0.4, 0.5) is 0 Å². The fraction of sp³-hybridized carbons (Fsp3) is 0.778. The molecule has 0 aliphatic heterocycles. The highest BCUT2D eigenvalue weighted by molar-refractivity contribution is 14.0. The Morgan fingerprint density at radius 1 is 0.581 bits per heavy atom. The molecule has 0 atom stereocenters.